The van der Waals surface area contributed by atoms with E-state index in [1.165, 1.54) is 0 Å². The third-order valence-corrected chi connectivity index (χ3v) is 2.92. The van der Waals surface area contributed by atoms with Gasteiger partial charge in [-0.15, -0.1) is 0 Å². The van der Waals surface area contributed by atoms with Crippen molar-refractivity contribution in [2.75, 3.05) is 0 Å². The molecular weight excluding hydrogens is 175 g/mol. The van der Waals surface area contributed by atoms with Crippen LogP contribution in [0.1, 0.15) is 44.7 Å². The summed E-state index contributed by atoms with van der Waals surface area (Å²) in [6.07, 6.45) is 0. The molecule has 0 amide bonds. The topological polar surface area (TPSA) is 0 Å². The minimum atomic E-state index is -0.0765. The third-order valence-electron chi connectivity index (χ3n) is 2.92. The maximum absolute atomic E-state index is 13.6. The lowest BCUT2D eigenvalue weighted by atomic mass is 9.77. The summed E-state index contributed by atoms with van der Waals surface area (Å²) in [5.74, 6) is 0.163. The summed E-state index contributed by atoms with van der Waals surface area (Å²) in [5.41, 5.74) is 1.91. The van der Waals surface area contributed by atoms with Gasteiger partial charge in [-0.2, -0.15) is 0 Å². The normalized spacial score (nSPS) is 14.1. The van der Waals surface area contributed by atoms with Crippen molar-refractivity contribution in [3.8, 4) is 0 Å². The molecule has 0 spiro atoms. The van der Waals surface area contributed by atoms with Gasteiger partial charge in [0.15, 0.2) is 0 Å². The Morgan fingerprint density at radius 2 is 1.79 bits per heavy atom. The molecule has 0 saturated carbocycles. The minimum absolute atomic E-state index is 0.0765. The van der Waals surface area contributed by atoms with Crippen molar-refractivity contribution in [3.63, 3.8) is 0 Å². The van der Waals surface area contributed by atoms with Crippen molar-refractivity contribution in [1.29, 1.82) is 0 Å². The first-order valence-corrected chi connectivity index (χ1v) is 5.08. The SMILES string of the molecule is Cc1ccc([C@@H](C)C(C)(C)C)c(F)c1. The molecule has 0 aliphatic rings. The van der Waals surface area contributed by atoms with Crippen LogP contribution >= 0.6 is 0 Å². The van der Waals surface area contributed by atoms with E-state index in [1.807, 2.05) is 19.1 Å². The van der Waals surface area contributed by atoms with Gasteiger partial charge in [0.25, 0.3) is 0 Å². The zero-order chi connectivity index (χ0) is 10.9. The van der Waals surface area contributed by atoms with Crippen LogP contribution in [0.4, 0.5) is 4.39 Å². The molecule has 1 aromatic carbocycles. The van der Waals surface area contributed by atoms with Crippen LogP contribution in [-0.2, 0) is 0 Å². The number of rotatable bonds is 1. The van der Waals surface area contributed by atoms with Gasteiger partial charge in [0, 0.05) is 0 Å². The zero-order valence-electron chi connectivity index (χ0n) is 9.69. The van der Waals surface area contributed by atoms with Crippen molar-refractivity contribution in [3.05, 3.63) is 35.1 Å². The monoisotopic (exact) mass is 194 g/mol. The van der Waals surface area contributed by atoms with Crippen LogP contribution in [0.25, 0.3) is 0 Å². The number of halogens is 1. The van der Waals surface area contributed by atoms with Crippen molar-refractivity contribution in [2.24, 2.45) is 5.41 Å². The Kier molecular flexibility index (Phi) is 2.98. The minimum Gasteiger partial charge on any atom is -0.207 e. The summed E-state index contributed by atoms with van der Waals surface area (Å²) in [6.45, 7) is 10.4. The molecule has 1 aromatic rings. The largest absolute Gasteiger partial charge is 0.207 e. The molecule has 0 saturated heterocycles. The Balaban J connectivity index is 3.08. The number of aryl methyl sites for hydroxylation is 1. The van der Waals surface area contributed by atoms with Gasteiger partial charge < -0.3 is 0 Å². The summed E-state index contributed by atoms with van der Waals surface area (Å²) < 4.78 is 13.6. The van der Waals surface area contributed by atoms with E-state index in [0.717, 1.165) is 11.1 Å². The number of hydrogen-bond donors (Lipinski definition) is 0. The molecule has 1 atom stereocenters. The summed E-state index contributed by atoms with van der Waals surface area (Å²) in [5, 5.41) is 0. The van der Waals surface area contributed by atoms with Gasteiger partial charge in [0.2, 0.25) is 0 Å². The second kappa shape index (κ2) is 3.72. The lowest BCUT2D eigenvalue weighted by molar-refractivity contribution is 0.331. The highest BCUT2D eigenvalue weighted by Gasteiger charge is 2.23. The summed E-state index contributed by atoms with van der Waals surface area (Å²) >= 11 is 0. The van der Waals surface area contributed by atoms with Gasteiger partial charge in [-0.25, -0.2) is 4.39 Å². The first kappa shape index (κ1) is 11.2. The predicted octanol–water partition coefficient (Wildman–Crippen LogP) is 4.28. The molecule has 0 aliphatic heterocycles. The molecular formula is C13H19F. The average Bonchev–Trinajstić information content (AvgIpc) is 2.01. The van der Waals surface area contributed by atoms with E-state index < -0.39 is 0 Å². The van der Waals surface area contributed by atoms with Gasteiger partial charge in [0.1, 0.15) is 5.82 Å². The van der Waals surface area contributed by atoms with Crippen LogP contribution in [0.5, 0.6) is 0 Å². The first-order chi connectivity index (χ1) is 6.32. The van der Waals surface area contributed by atoms with E-state index in [9.17, 15) is 4.39 Å². The lowest BCUT2D eigenvalue weighted by Gasteiger charge is -2.28. The fraction of sp³-hybridized carbons (Fsp3) is 0.538. The Labute approximate surface area is 86.2 Å². The van der Waals surface area contributed by atoms with Crippen LogP contribution in [0, 0.1) is 18.2 Å². The molecule has 0 fully saturated rings. The predicted molar refractivity (Wildman–Crippen MR) is 59.0 cm³/mol. The average molecular weight is 194 g/mol. The van der Waals surface area contributed by atoms with Crippen LogP contribution in [0.3, 0.4) is 0 Å². The Morgan fingerprint density at radius 1 is 1.21 bits per heavy atom. The van der Waals surface area contributed by atoms with Crippen LogP contribution < -0.4 is 0 Å². The maximum atomic E-state index is 13.6. The molecule has 14 heavy (non-hydrogen) atoms. The molecule has 0 heterocycles. The summed E-state index contributed by atoms with van der Waals surface area (Å²) in [7, 11) is 0. The highest BCUT2D eigenvalue weighted by Crippen LogP contribution is 2.35. The van der Waals surface area contributed by atoms with Crippen molar-refractivity contribution < 1.29 is 4.39 Å². The van der Waals surface area contributed by atoms with Gasteiger partial charge in [-0.3, -0.25) is 0 Å². The maximum Gasteiger partial charge on any atom is 0.126 e. The highest BCUT2D eigenvalue weighted by atomic mass is 19.1. The van der Waals surface area contributed by atoms with Crippen molar-refractivity contribution in [1.82, 2.24) is 0 Å². The lowest BCUT2D eigenvalue weighted by Crippen LogP contribution is -2.16. The number of hydrogen-bond acceptors (Lipinski definition) is 0. The van der Waals surface area contributed by atoms with E-state index in [2.05, 4.69) is 27.7 Å². The van der Waals surface area contributed by atoms with Crippen LogP contribution in [0.15, 0.2) is 18.2 Å². The molecule has 0 bridgehead atoms. The van der Waals surface area contributed by atoms with Gasteiger partial charge >= 0.3 is 0 Å². The fourth-order valence-corrected chi connectivity index (χ4v) is 1.45. The van der Waals surface area contributed by atoms with Gasteiger partial charge in [0.05, 0.1) is 0 Å². The second-order valence-electron chi connectivity index (χ2n) is 5.11. The fourth-order valence-electron chi connectivity index (χ4n) is 1.45. The van der Waals surface area contributed by atoms with E-state index >= 15 is 0 Å². The van der Waals surface area contributed by atoms with Crippen molar-refractivity contribution in [2.45, 2.75) is 40.5 Å². The van der Waals surface area contributed by atoms with E-state index in [0.29, 0.717) is 0 Å². The van der Waals surface area contributed by atoms with Crippen LogP contribution in [-0.4, -0.2) is 0 Å². The van der Waals surface area contributed by atoms with E-state index in [1.54, 1.807) is 6.07 Å². The Hall–Kier alpha value is -0.850. The van der Waals surface area contributed by atoms with Gasteiger partial charge in [-0.1, -0.05) is 39.8 Å². The summed E-state index contributed by atoms with van der Waals surface area (Å²) in [6, 6.07) is 5.48. The van der Waals surface area contributed by atoms with Gasteiger partial charge in [-0.05, 0) is 35.4 Å². The zero-order valence-corrected chi connectivity index (χ0v) is 9.69. The second-order valence-corrected chi connectivity index (χ2v) is 5.11. The molecule has 0 unspecified atom stereocenters. The molecule has 1 heteroatoms. The Morgan fingerprint density at radius 3 is 2.21 bits per heavy atom. The molecule has 0 aromatic heterocycles. The van der Waals surface area contributed by atoms with Crippen molar-refractivity contribution >= 4 is 0 Å². The summed E-state index contributed by atoms with van der Waals surface area (Å²) in [4.78, 5) is 0. The number of benzene rings is 1. The van der Waals surface area contributed by atoms with Crippen LogP contribution in [0.2, 0.25) is 0 Å². The molecule has 0 radical (unpaired) electrons. The molecule has 0 aliphatic carbocycles. The molecule has 0 nitrogen and oxygen atoms in total. The smallest absolute Gasteiger partial charge is 0.126 e. The Bertz CT molecular complexity index is 320. The highest BCUT2D eigenvalue weighted by molar-refractivity contribution is 5.27. The van der Waals surface area contributed by atoms with E-state index in [4.69, 9.17) is 0 Å². The quantitative estimate of drug-likeness (QED) is 0.625. The molecule has 0 N–H and O–H groups in total. The standard InChI is InChI=1S/C13H19F/c1-9-6-7-11(12(14)8-9)10(2)13(3,4)5/h6-8,10H,1-5H3/t10-/m1/s1. The first-order valence-electron chi connectivity index (χ1n) is 5.08. The molecule has 78 valence electrons. The van der Waals surface area contributed by atoms with E-state index in [-0.39, 0.29) is 17.2 Å². The third kappa shape index (κ3) is 2.34. The molecule has 1 rings (SSSR count).